The van der Waals surface area contributed by atoms with Crippen LogP contribution in [0.1, 0.15) is 36.5 Å². The summed E-state index contributed by atoms with van der Waals surface area (Å²) < 4.78 is 0. The number of fused-ring (bicyclic) bond motifs is 2. The van der Waals surface area contributed by atoms with E-state index in [4.69, 9.17) is 0 Å². The molecule has 0 radical (unpaired) electrons. The molecule has 158 valence electrons. The van der Waals surface area contributed by atoms with Gasteiger partial charge >= 0.3 is 0 Å². The van der Waals surface area contributed by atoms with E-state index in [1.807, 2.05) is 42.5 Å². The van der Waals surface area contributed by atoms with Crippen LogP contribution in [0, 0.1) is 0 Å². The topological polar surface area (TPSA) is 55.9 Å². The van der Waals surface area contributed by atoms with Crippen molar-refractivity contribution in [2.45, 2.75) is 32.2 Å². The lowest BCUT2D eigenvalue weighted by molar-refractivity contribution is -0.120. The number of likely N-dealkylation sites (N-methyl/N-ethyl adjacent to an activating group) is 1. The zero-order valence-electron chi connectivity index (χ0n) is 17.8. The number of piperidine rings is 1. The molecule has 2 aliphatic rings. The largest absolute Gasteiger partial charge is 0.320 e. The SMILES string of the molecule is CCN(C)CC1CCCCN1CC(=O)N1c2ccccc2NC(=O)c2ccccc21. The van der Waals surface area contributed by atoms with Crippen LogP contribution in [0.25, 0.3) is 0 Å². The van der Waals surface area contributed by atoms with Crippen LogP contribution >= 0.6 is 0 Å². The van der Waals surface area contributed by atoms with Gasteiger partial charge in [-0.05, 0) is 57.2 Å². The molecule has 0 saturated carbocycles. The summed E-state index contributed by atoms with van der Waals surface area (Å²) in [6, 6.07) is 15.2. The smallest absolute Gasteiger partial charge is 0.257 e. The van der Waals surface area contributed by atoms with Crippen LogP contribution < -0.4 is 10.2 Å². The molecule has 6 nitrogen and oxygen atoms in total. The fourth-order valence-electron chi connectivity index (χ4n) is 4.43. The number of hydrogen-bond acceptors (Lipinski definition) is 4. The Kier molecular flexibility index (Phi) is 6.16. The fourth-order valence-corrected chi connectivity index (χ4v) is 4.43. The molecule has 1 fully saturated rings. The monoisotopic (exact) mass is 406 g/mol. The minimum absolute atomic E-state index is 0.00236. The highest BCUT2D eigenvalue weighted by Crippen LogP contribution is 2.38. The molecule has 2 aliphatic heterocycles. The van der Waals surface area contributed by atoms with E-state index in [-0.39, 0.29) is 11.8 Å². The molecule has 2 aromatic carbocycles. The zero-order valence-corrected chi connectivity index (χ0v) is 17.8. The molecule has 0 bridgehead atoms. The van der Waals surface area contributed by atoms with Crippen LogP contribution in [-0.2, 0) is 4.79 Å². The third kappa shape index (κ3) is 4.11. The van der Waals surface area contributed by atoms with Crippen LogP contribution in [0.3, 0.4) is 0 Å². The van der Waals surface area contributed by atoms with Gasteiger partial charge in [0.05, 0.1) is 29.2 Å². The summed E-state index contributed by atoms with van der Waals surface area (Å²) >= 11 is 0. The fraction of sp³-hybridized carbons (Fsp3) is 0.417. The third-order valence-corrected chi connectivity index (χ3v) is 6.18. The lowest BCUT2D eigenvalue weighted by atomic mass is 10.0. The summed E-state index contributed by atoms with van der Waals surface area (Å²) in [6.45, 7) is 5.41. The highest BCUT2D eigenvalue weighted by molar-refractivity contribution is 6.17. The Morgan fingerprint density at radius 2 is 1.83 bits per heavy atom. The molecule has 6 heteroatoms. The highest BCUT2D eigenvalue weighted by Gasteiger charge is 2.32. The number of amides is 2. The number of hydrogen-bond donors (Lipinski definition) is 1. The molecule has 1 atom stereocenters. The van der Waals surface area contributed by atoms with Gasteiger partial charge in [-0.2, -0.15) is 0 Å². The summed E-state index contributed by atoms with van der Waals surface area (Å²) in [4.78, 5) is 32.8. The van der Waals surface area contributed by atoms with Gasteiger partial charge in [0, 0.05) is 12.6 Å². The molecular formula is C24H30N4O2. The molecule has 1 unspecified atom stereocenters. The number of nitrogens with zero attached hydrogens (tertiary/aromatic N) is 3. The van der Waals surface area contributed by atoms with Crippen molar-refractivity contribution >= 4 is 28.9 Å². The van der Waals surface area contributed by atoms with E-state index in [9.17, 15) is 9.59 Å². The molecule has 2 heterocycles. The standard InChI is InChI=1S/C24H30N4O2/c1-3-26(2)16-18-10-8-9-15-27(18)17-23(29)28-21-13-6-4-11-19(21)24(30)25-20-12-5-7-14-22(20)28/h4-7,11-14,18H,3,8-10,15-17H2,1-2H3,(H,25,30). The molecule has 2 amide bonds. The summed E-state index contributed by atoms with van der Waals surface area (Å²) in [5.74, 6) is -0.189. The van der Waals surface area contributed by atoms with Crippen LogP contribution in [0.5, 0.6) is 0 Å². The van der Waals surface area contributed by atoms with Crippen LogP contribution in [0.2, 0.25) is 0 Å². The molecule has 2 aromatic rings. The first-order chi connectivity index (χ1) is 14.6. The van der Waals surface area contributed by atoms with Gasteiger partial charge in [-0.3, -0.25) is 19.4 Å². The van der Waals surface area contributed by atoms with Gasteiger partial charge in [0.15, 0.2) is 0 Å². The maximum atomic E-state index is 13.7. The van der Waals surface area contributed by atoms with Gasteiger partial charge in [0.2, 0.25) is 5.91 Å². The Morgan fingerprint density at radius 3 is 2.63 bits per heavy atom. The Morgan fingerprint density at radius 1 is 1.10 bits per heavy atom. The van der Waals surface area contributed by atoms with Crippen molar-refractivity contribution in [1.82, 2.24) is 9.80 Å². The van der Waals surface area contributed by atoms with Crippen molar-refractivity contribution in [3.8, 4) is 0 Å². The van der Waals surface area contributed by atoms with E-state index in [1.54, 1.807) is 11.0 Å². The Labute approximate surface area is 178 Å². The van der Waals surface area contributed by atoms with Crippen LogP contribution in [-0.4, -0.2) is 60.9 Å². The number of anilines is 3. The van der Waals surface area contributed by atoms with Gasteiger partial charge in [-0.1, -0.05) is 37.6 Å². The minimum Gasteiger partial charge on any atom is -0.320 e. The van der Waals surface area contributed by atoms with Crippen LogP contribution in [0.4, 0.5) is 17.1 Å². The van der Waals surface area contributed by atoms with Crippen molar-refractivity contribution in [2.24, 2.45) is 0 Å². The molecule has 0 aromatic heterocycles. The number of carbonyl (C=O) groups is 2. The van der Waals surface area contributed by atoms with Crippen molar-refractivity contribution in [1.29, 1.82) is 0 Å². The maximum Gasteiger partial charge on any atom is 0.257 e. The lowest BCUT2D eigenvalue weighted by Gasteiger charge is -2.38. The molecule has 1 saturated heterocycles. The Bertz CT molecular complexity index is 929. The van der Waals surface area contributed by atoms with Crippen molar-refractivity contribution in [2.75, 3.05) is 43.4 Å². The second-order valence-electron chi connectivity index (χ2n) is 8.19. The van der Waals surface area contributed by atoms with Gasteiger partial charge in [-0.25, -0.2) is 0 Å². The number of rotatable bonds is 5. The number of para-hydroxylation sites is 3. The molecule has 0 spiro atoms. The van der Waals surface area contributed by atoms with Crippen LogP contribution in [0.15, 0.2) is 48.5 Å². The van der Waals surface area contributed by atoms with E-state index in [2.05, 4.69) is 29.1 Å². The van der Waals surface area contributed by atoms with Crippen molar-refractivity contribution in [3.05, 3.63) is 54.1 Å². The first-order valence-electron chi connectivity index (χ1n) is 10.8. The van der Waals surface area contributed by atoms with E-state index in [0.29, 0.717) is 29.5 Å². The molecule has 4 rings (SSSR count). The normalized spacial score (nSPS) is 19.1. The summed E-state index contributed by atoms with van der Waals surface area (Å²) in [5, 5.41) is 2.96. The minimum atomic E-state index is -0.186. The third-order valence-electron chi connectivity index (χ3n) is 6.18. The predicted molar refractivity (Wildman–Crippen MR) is 120 cm³/mol. The number of carbonyl (C=O) groups excluding carboxylic acids is 2. The van der Waals surface area contributed by atoms with Crippen molar-refractivity contribution in [3.63, 3.8) is 0 Å². The molecular weight excluding hydrogens is 376 g/mol. The first-order valence-corrected chi connectivity index (χ1v) is 10.8. The van der Waals surface area contributed by atoms with Gasteiger partial charge in [0.25, 0.3) is 5.91 Å². The van der Waals surface area contributed by atoms with Gasteiger partial charge in [-0.15, -0.1) is 0 Å². The average Bonchev–Trinajstić information content (AvgIpc) is 2.89. The quantitative estimate of drug-likeness (QED) is 0.822. The van der Waals surface area contributed by atoms with E-state index < -0.39 is 0 Å². The molecule has 30 heavy (non-hydrogen) atoms. The highest BCUT2D eigenvalue weighted by atomic mass is 16.2. The number of nitrogens with one attached hydrogen (secondary N) is 1. The van der Waals surface area contributed by atoms with E-state index >= 15 is 0 Å². The summed E-state index contributed by atoms with van der Waals surface area (Å²) in [7, 11) is 2.13. The Hall–Kier alpha value is -2.70. The maximum absolute atomic E-state index is 13.7. The van der Waals surface area contributed by atoms with Gasteiger partial charge < -0.3 is 10.2 Å². The van der Waals surface area contributed by atoms with E-state index in [0.717, 1.165) is 38.2 Å². The summed E-state index contributed by atoms with van der Waals surface area (Å²) in [6.07, 6.45) is 3.44. The number of likely N-dealkylation sites (tertiary alicyclic amines) is 1. The number of benzene rings is 2. The first kappa shape index (κ1) is 20.6. The molecule has 1 N–H and O–H groups in total. The molecule has 0 aliphatic carbocycles. The summed E-state index contributed by atoms with van der Waals surface area (Å²) in [5.41, 5.74) is 2.54. The Balaban J connectivity index is 1.66. The lowest BCUT2D eigenvalue weighted by Crippen LogP contribution is -2.50. The van der Waals surface area contributed by atoms with Gasteiger partial charge in [0.1, 0.15) is 0 Å². The van der Waals surface area contributed by atoms with Crippen molar-refractivity contribution < 1.29 is 9.59 Å². The second-order valence-corrected chi connectivity index (χ2v) is 8.19. The van der Waals surface area contributed by atoms with E-state index in [1.165, 1.54) is 6.42 Å². The second kappa shape index (κ2) is 8.98. The zero-order chi connectivity index (χ0) is 21.1. The average molecular weight is 407 g/mol. The predicted octanol–water partition coefficient (Wildman–Crippen LogP) is 3.72.